The van der Waals surface area contributed by atoms with Crippen molar-refractivity contribution in [1.29, 1.82) is 5.26 Å². The Morgan fingerprint density at radius 2 is 1.30 bits per heavy atom. The molecule has 2 aliphatic rings. The van der Waals surface area contributed by atoms with Gasteiger partial charge in [0.1, 0.15) is 0 Å². The van der Waals surface area contributed by atoms with E-state index in [0.29, 0.717) is 11.3 Å². The summed E-state index contributed by atoms with van der Waals surface area (Å²) in [5.74, 6) is 0. The number of hydrogen-bond acceptors (Lipinski definition) is 2. The van der Waals surface area contributed by atoms with Crippen molar-refractivity contribution < 1.29 is 0 Å². The van der Waals surface area contributed by atoms with Crippen LogP contribution in [0.3, 0.4) is 0 Å². The highest BCUT2D eigenvalue weighted by Crippen LogP contribution is 2.63. The molecule has 1 aliphatic carbocycles. The smallest absolute Gasteiger partial charge is 0.187 e. The number of aryl methyl sites for hydroxylation is 1. The second kappa shape index (κ2) is 7.69. The van der Waals surface area contributed by atoms with E-state index in [9.17, 15) is 5.26 Å². The zero-order valence-electron chi connectivity index (χ0n) is 20.2. The molecule has 7 rings (SSSR count). The molecule has 3 heteroatoms. The summed E-state index contributed by atoms with van der Waals surface area (Å²) in [6.07, 6.45) is 0. The molecule has 0 saturated carbocycles. The minimum absolute atomic E-state index is 0.613. The number of benzene rings is 5. The molecule has 0 radical (unpaired) electrons. The Morgan fingerprint density at radius 1 is 0.703 bits per heavy atom. The van der Waals surface area contributed by atoms with Gasteiger partial charge in [0.2, 0.25) is 0 Å². The van der Waals surface area contributed by atoms with E-state index >= 15 is 0 Å². The Kier molecular flexibility index (Phi) is 4.40. The molecule has 0 bridgehead atoms. The number of nitrogens with zero attached hydrogens (tertiary/aromatic N) is 3. The third-order valence-electron chi connectivity index (χ3n) is 7.77. The monoisotopic (exact) mass is 471 g/mol. The van der Waals surface area contributed by atoms with E-state index in [1.54, 1.807) is 0 Å². The predicted molar refractivity (Wildman–Crippen MR) is 148 cm³/mol. The molecule has 0 saturated heterocycles. The van der Waals surface area contributed by atoms with Crippen molar-refractivity contribution in [3.05, 3.63) is 154 Å². The topological polar surface area (TPSA) is 31.4 Å². The van der Waals surface area contributed by atoms with Crippen LogP contribution in [0, 0.1) is 24.8 Å². The van der Waals surface area contributed by atoms with Crippen LogP contribution in [0.1, 0.15) is 33.4 Å². The molecular weight excluding hydrogens is 450 g/mol. The summed E-state index contributed by atoms with van der Waals surface area (Å²) in [6, 6.07) is 40.1. The highest BCUT2D eigenvalue weighted by molar-refractivity contribution is 5.96. The number of hydrogen-bond donors (Lipinski definition) is 0. The number of rotatable bonds is 1. The van der Waals surface area contributed by atoms with Gasteiger partial charge in [0.05, 0.1) is 35.0 Å². The van der Waals surface area contributed by atoms with Gasteiger partial charge < -0.3 is 4.90 Å². The van der Waals surface area contributed by atoms with Crippen LogP contribution in [0.15, 0.2) is 109 Å². The van der Waals surface area contributed by atoms with Crippen molar-refractivity contribution in [3.8, 4) is 17.2 Å². The van der Waals surface area contributed by atoms with Crippen molar-refractivity contribution >= 4 is 22.7 Å². The van der Waals surface area contributed by atoms with E-state index in [1.807, 2.05) is 24.3 Å². The maximum atomic E-state index is 9.86. The number of fused-ring (bicyclic) bond motifs is 9. The first-order valence-electron chi connectivity index (χ1n) is 12.3. The van der Waals surface area contributed by atoms with Crippen LogP contribution in [0.2, 0.25) is 0 Å². The third-order valence-corrected chi connectivity index (χ3v) is 7.77. The van der Waals surface area contributed by atoms with Gasteiger partial charge in [0.25, 0.3) is 0 Å². The molecular formula is C34H21N3. The summed E-state index contributed by atoms with van der Waals surface area (Å²) >= 11 is 0. The molecule has 172 valence electrons. The maximum absolute atomic E-state index is 9.86. The molecule has 0 atom stereocenters. The van der Waals surface area contributed by atoms with Crippen molar-refractivity contribution in [2.75, 3.05) is 4.90 Å². The fraction of sp³-hybridized carbons (Fsp3) is 0.0588. The quantitative estimate of drug-likeness (QED) is 0.225. The number of anilines is 3. The second-order valence-electron chi connectivity index (χ2n) is 9.67. The Labute approximate surface area is 216 Å². The number of para-hydroxylation sites is 2. The molecule has 0 unspecified atom stereocenters. The first-order chi connectivity index (χ1) is 18.2. The highest BCUT2D eigenvalue weighted by atomic mass is 15.2. The van der Waals surface area contributed by atoms with E-state index < -0.39 is 5.41 Å². The zero-order chi connectivity index (χ0) is 25.1. The summed E-state index contributed by atoms with van der Waals surface area (Å²) in [7, 11) is 0. The van der Waals surface area contributed by atoms with Crippen LogP contribution in [-0.2, 0) is 5.41 Å². The van der Waals surface area contributed by atoms with Gasteiger partial charge in [-0.05, 0) is 76.7 Å². The van der Waals surface area contributed by atoms with Crippen LogP contribution < -0.4 is 4.90 Å². The van der Waals surface area contributed by atoms with Crippen LogP contribution >= 0.6 is 0 Å². The first-order valence-corrected chi connectivity index (χ1v) is 12.3. The number of nitriles is 1. The molecule has 1 heterocycles. The molecule has 0 aromatic heterocycles. The minimum Gasteiger partial charge on any atom is -0.310 e. The first kappa shape index (κ1) is 21.2. The van der Waals surface area contributed by atoms with Crippen molar-refractivity contribution in [2.24, 2.45) is 0 Å². The van der Waals surface area contributed by atoms with Gasteiger partial charge in [-0.3, -0.25) is 0 Å². The van der Waals surface area contributed by atoms with Gasteiger partial charge in [-0.2, -0.15) is 5.26 Å². The predicted octanol–water partition coefficient (Wildman–Crippen LogP) is 8.56. The Bertz CT molecular complexity index is 1700. The summed E-state index contributed by atoms with van der Waals surface area (Å²) in [6.45, 7) is 9.86. The molecule has 37 heavy (non-hydrogen) atoms. The lowest BCUT2D eigenvalue weighted by Crippen LogP contribution is -2.36. The van der Waals surface area contributed by atoms with E-state index in [0.717, 1.165) is 50.4 Å². The zero-order valence-corrected chi connectivity index (χ0v) is 20.2. The standard InChI is InChI=1S/C34H21N3/c1-22-11-15-25(16-12-22)37-32-9-5-3-7-28(32)34(29-8-4-6-10-33(29)37)30-19-23(21-35)13-17-26(30)27-18-14-24(36-2)20-31(27)34/h3-20H,1H3. The van der Waals surface area contributed by atoms with E-state index in [2.05, 4.69) is 108 Å². The molecule has 5 aromatic carbocycles. The molecule has 1 aliphatic heterocycles. The fourth-order valence-electron chi connectivity index (χ4n) is 6.25. The average molecular weight is 472 g/mol. The summed E-state index contributed by atoms with van der Waals surface area (Å²) in [5.41, 5.74) is 11.8. The average Bonchev–Trinajstić information content (AvgIpc) is 3.23. The molecule has 0 fully saturated rings. The van der Waals surface area contributed by atoms with Crippen molar-refractivity contribution in [2.45, 2.75) is 12.3 Å². The van der Waals surface area contributed by atoms with Crippen LogP contribution in [-0.4, -0.2) is 0 Å². The van der Waals surface area contributed by atoms with Gasteiger partial charge in [-0.1, -0.05) is 78.4 Å². The lowest BCUT2D eigenvalue weighted by atomic mass is 9.64. The Morgan fingerprint density at radius 3 is 1.92 bits per heavy atom. The molecule has 0 N–H and O–H groups in total. The molecule has 5 aromatic rings. The highest BCUT2D eigenvalue weighted by Gasteiger charge is 2.51. The summed E-state index contributed by atoms with van der Waals surface area (Å²) < 4.78 is 0. The molecule has 3 nitrogen and oxygen atoms in total. The summed E-state index contributed by atoms with van der Waals surface area (Å²) in [5, 5.41) is 9.86. The van der Waals surface area contributed by atoms with Gasteiger partial charge in [-0.25, -0.2) is 4.85 Å². The Balaban J connectivity index is 1.66. The van der Waals surface area contributed by atoms with Crippen LogP contribution in [0.5, 0.6) is 0 Å². The minimum atomic E-state index is -0.646. The van der Waals surface area contributed by atoms with Crippen LogP contribution in [0.4, 0.5) is 22.7 Å². The van der Waals surface area contributed by atoms with Gasteiger partial charge >= 0.3 is 0 Å². The Hall–Kier alpha value is -5.12. The van der Waals surface area contributed by atoms with Gasteiger partial charge in [0, 0.05) is 5.69 Å². The third kappa shape index (κ3) is 2.74. The fourth-order valence-corrected chi connectivity index (χ4v) is 6.25. The maximum Gasteiger partial charge on any atom is 0.187 e. The second-order valence-corrected chi connectivity index (χ2v) is 9.67. The molecule has 0 amide bonds. The lowest BCUT2D eigenvalue weighted by Gasteiger charge is -2.45. The van der Waals surface area contributed by atoms with E-state index in [-0.39, 0.29) is 0 Å². The normalized spacial score (nSPS) is 13.6. The van der Waals surface area contributed by atoms with E-state index in [4.69, 9.17) is 6.57 Å². The van der Waals surface area contributed by atoms with Crippen LogP contribution in [0.25, 0.3) is 16.0 Å². The van der Waals surface area contributed by atoms with Crippen molar-refractivity contribution in [3.63, 3.8) is 0 Å². The van der Waals surface area contributed by atoms with Crippen molar-refractivity contribution in [1.82, 2.24) is 0 Å². The summed E-state index contributed by atoms with van der Waals surface area (Å²) in [4.78, 5) is 6.13. The largest absolute Gasteiger partial charge is 0.310 e. The lowest BCUT2D eigenvalue weighted by molar-refractivity contribution is 0.753. The van der Waals surface area contributed by atoms with E-state index in [1.165, 1.54) is 5.56 Å². The SMILES string of the molecule is [C-]#[N+]c1ccc2c(c1)C1(c3cc(C#N)ccc3-2)c2ccccc2N(c2ccc(C)cc2)c2ccccc21. The van der Waals surface area contributed by atoms with Gasteiger partial charge in [0.15, 0.2) is 5.69 Å². The van der Waals surface area contributed by atoms with Gasteiger partial charge in [-0.15, -0.1) is 0 Å². The molecule has 1 spiro atoms.